The second-order valence-electron chi connectivity index (χ2n) is 5.29. The van der Waals surface area contributed by atoms with Crippen LogP contribution in [-0.4, -0.2) is 35.3 Å². The third kappa shape index (κ3) is 2.31. The van der Waals surface area contributed by atoms with Gasteiger partial charge in [-0.2, -0.15) is 0 Å². The summed E-state index contributed by atoms with van der Waals surface area (Å²) in [4.78, 5) is 26.1. The molecule has 0 saturated carbocycles. The number of rotatable bonds is 4. The molecular formula is C13H24N2O2. The zero-order valence-corrected chi connectivity index (χ0v) is 11.5. The van der Waals surface area contributed by atoms with Crippen LogP contribution in [0.3, 0.4) is 0 Å². The van der Waals surface area contributed by atoms with Crippen molar-refractivity contribution in [3.8, 4) is 0 Å². The van der Waals surface area contributed by atoms with Gasteiger partial charge in [-0.3, -0.25) is 9.59 Å². The summed E-state index contributed by atoms with van der Waals surface area (Å²) in [6.45, 7) is 8.02. The third-order valence-corrected chi connectivity index (χ3v) is 3.88. The van der Waals surface area contributed by atoms with Crippen molar-refractivity contribution < 1.29 is 9.59 Å². The predicted octanol–water partition coefficient (Wildman–Crippen LogP) is 1.55. The lowest BCUT2D eigenvalue weighted by Crippen LogP contribution is -2.69. The summed E-state index contributed by atoms with van der Waals surface area (Å²) >= 11 is 0. The van der Waals surface area contributed by atoms with Crippen molar-refractivity contribution in [1.82, 2.24) is 10.2 Å². The molecule has 0 aromatic heterocycles. The molecular weight excluding hydrogens is 216 g/mol. The number of hydrogen-bond donors (Lipinski definition) is 1. The van der Waals surface area contributed by atoms with E-state index in [4.69, 9.17) is 0 Å². The second-order valence-corrected chi connectivity index (χ2v) is 5.29. The highest BCUT2D eigenvalue weighted by Gasteiger charge is 2.48. The minimum atomic E-state index is -0.648. The van der Waals surface area contributed by atoms with Crippen LogP contribution in [0.15, 0.2) is 0 Å². The van der Waals surface area contributed by atoms with E-state index in [0.717, 1.165) is 0 Å². The highest BCUT2D eigenvalue weighted by molar-refractivity contribution is 5.99. The first kappa shape index (κ1) is 14.0. The van der Waals surface area contributed by atoms with Gasteiger partial charge in [0, 0.05) is 7.05 Å². The van der Waals surface area contributed by atoms with Gasteiger partial charge in [-0.25, -0.2) is 0 Å². The van der Waals surface area contributed by atoms with Crippen molar-refractivity contribution in [2.24, 2.45) is 5.92 Å². The minimum Gasteiger partial charge on any atom is -0.342 e. The Balaban J connectivity index is 2.95. The van der Waals surface area contributed by atoms with Crippen LogP contribution in [0.25, 0.3) is 0 Å². The molecule has 1 aliphatic heterocycles. The van der Waals surface area contributed by atoms with Crippen molar-refractivity contribution in [3.05, 3.63) is 0 Å². The summed E-state index contributed by atoms with van der Waals surface area (Å²) < 4.78 is 0. The maximum Gasteiger partial charge on any atom is 0.246 e. The predicted molar refractivity (Wildman–Crippen MR) is 67.5 cm³/mol. The summed E-state index contributed by atoms with van der Waals surface area (Å²) in [6, 6.07) is -0.348. The molecule has 0 aromatic carbocycles. The zero-order valence-electron chi connectivity index (χ0n) is 11.5. The fourth-order valence-corrected chi connectivity index (χ4v) is 2.63. The summed E-state index contributed by atoms with van der Waals surface area (Å²) in [5, 5.41) is 2.89. The van der Waals surface area contributed by atoms with Gasteiger partial charge >= 0.3 is 0 Å². The first-order chi connectivity index (χ1) is 7.89. The molecule has 1 fully saturated rings. The Morgan fingerprint density at radius 3 is 2.24 bits per heavy atom. The van der Waals surface area contributed by atoms with Crippen molar-refractivity contribution in [2.75, 3.05) is 7.05 Å². The van der Waals surface area contributed by atoms with E-state index >= 15 is 0 Å². The molecule has 1 rings (SSSR count). The molecule has 4 heteroatoms. The van der Waals surface area contributed by atoms with Crippen LogP contribution >= 0.6 is 0 Å². The van der Waals surface area contributed by atoms with E-state index in [9.17, 15) is 9.59 Å². The van der Waals surface area contributed by atoms with Crippen molar-refractivity contribution in [3.63, 3.8) is 0 Å². The number of carbonyl (C=O) groups excluding carboxylic acids is 2. The van der Waals surface area contributed by atoms with Crippen LogP contribution in [0, 0.1) is 5.92 Å². The first-order valence-corrected chi connectivity index (χ1v) is 6.47. The van der Waals surface area contributed by atoms with Gasteiger partial charge in [-0.1, -0.05) is 27.7 Å². The normalized spacial score (nSPS) is 24.1. The summed E-state index contributed by atoms with van der Waals surface area (Å²) in [5.41, 5.74) is -0.648. The summed E-state index contributed by atoms with van der Waals surface area (Å²) in [7, 11) is 1.75. The molecule has 1 unspecified atom stereocenters. The molecule has 17 heavy (non-hydrogen) atoms. The second kappa shape index (κ2) is 5.07. The van der Waals surface area contributed by atoms with Gasteiger partial charge in [0.05, 0.1) is 0 Å². The van der Waals surface area contributed by atoms with Crippen molar-refractivity contribution in [2.45, 2.75) is 58.5 Å². The molecule has 1 aliphatic rings. The maximum atomic E-state index is 12.3. The van der Waals surface area contributed by atoms with Gasteiger partial charge in [-0.05, 0) is 25.2 Å². The minimum absolute atomic E-state index is 0.00440. The number of amides is 2. The number of hydrogen-bond acceptors (Lipinski definition) is 2. The van der Waals surface area contributed by atoms with E-state index < -0.39 is 5.54 Å². The number of nitrogens with one attached hydrogen (secondary N) is 1. The Kier molecular flexibility index (Phi) is 4.17. The smallest absolute Gasteiger partial charge is 0.246 e. The fraction of sp³-hybridized carbons (Fsp3) is 0.846. The lowest BCUT2D eigenvalue weighted by Gasteiger charge is -2.46. The molecule has 1 N–H and O–H groups in total. The van der Waals surface area contributed by atoms with Gasteiger partial charge in [0.2, 0.25) is 11.8 Å². The first-order valence-electron chi connectivity index (χ1n) is 6.47. The largest absolute Gasteiger partial charge is 0.342 e. The van der Waals surface area contributed by atoms with Gasteiger partial charge in [0.1, 0.15) is 11.6 Å². The average molecular weight is 240 g/mol. The maximum absolute atomic E-state index is 12.3. The SMILES string of the molecule is CCC1(CC)C(=O)NC(CC(C)C)C(=O)N1C. The third-order valence-electron chi connectivity index (χ3n) is 3.88. The van der Waals surface area contributed by atoms with Crippen LogP contribution in [0.4, 0.5) is 0 Å². The Labute approximate surface area is 104 Å². The van der Waals surface area contributed by atoms with Crippen LogP contribution in [0.2, 0.25) is 0 Å². The number of carbonyl (C=O) groups is 2. The molecule has 0 aromatic rings. The Morgan fingerprint density at radius 1 is 1.29 bits per heavy atom. The molecule has 2 amide bonds. The van der Waals surface area contributed by atoms with Crippen LogP contribution in [0.1, 0.15) is 47.0 Å². The quantitative estimate of drug-likeness (QED) is 0.810. The molecule has 98 valence electrons. The molecule has 0 radical (unpaired) electrons. The van der Waals surface area contributed by atoms with E-state index in [1.807, 2.05) is 13.8 Å². The van der Waals surface area contributed by atoms with E-state index in [1.54, 1.807) is 11.9 Å². The van der Waals surface area contributed by atoms with Crippen molar-refractivity contribution >= 4 is 11.8 Å². The van der Waals surface area contributed by atoms with Gasteiger partial charge < -0.3 is 10.2 Å². The Morgan fingerprint density at radius 2 is 1.82 bits per heavy atom. The van der Waals surface area contributed by atoms with Crippen molar-refractivity contribution in [1.29, 1.82) is 0 Å². The van der Waals surface area contributed by atoms with E-state index in [1.165, 1.54) is 0 Å². The molecule has 1 heterocycles. The standard InChI is InChI=1S/C13H24N2O2/c1-6-13(7-2)12(17)14-10(8-9(3)4)11(16)15(13)5/h9-10H,6-8H2,1-5H3,(H,14,17). The molecule has 4 nitrogen and oxygen atoms in total. The summed E-state index contributed by atoms with van der Waals surface area (Å²) in [6.07, 6.45) is 2.02. The Hall–Kier alpha value is -1.06. The lowest BCUT2D eigenvalue weighted by molar-refractivity contribution is -0.156. The molecule has 1 atom stereocenters. The average Bonchev–Trinajstić information content (AvgIpc) is 2.27. The zero-order chi connectivity index (χ0) is 13.2. The van der Waals surface area contributed by atoms with E-state index in [2.05, 4.69) is 19.2 Å². The molecule has 0 spiro atoms. The van der Waals surface area contributed by atoms with Gasteiger partial charge in [-0.15, -0.1) is 0 Å². The summed E-state index contributed by atoms with van der Waals surface area (Å²) in [5.74, 6) is 0.436. The Bertz CT molecular complexity index is 309. The topological polar surface area (TPSA) is 49.4 Å². The number of nitrogens with zero attached hydrogens (tertiary/aromatic N) is 1. The number of piperazine rings is 1. The fourth-order valence-electron chi connectivity index (χ4n) is 2.63. The molecule has 0 bridgehead atoms. The van der Waals surface area contributed by atoms with Crippen LogP contribution in [0.5, 0.6) is 0 Å². The van der Waals surface area contributed by atoms with Crippen LogP contribution in [-0.2, 0) is 9.59 Å². The molecule has 1 saturated heterocycles. The monoisotopic (exact) mass is 240 g/mol. The highest BCUT2D eigenvalue weighted by atomic mass is 16.2. The van der Waals surface area contributed by atoms with Gasteiger partial charge in [0.15, 0.2) is 0 Å². The van der Waals surface area contributed by atoms with Gasteiger partial charge in [0.25, 0.3) is 0 Å². The highest BCUT2D eigenvalue weighted by Crippen LogP contribution is 2.28. The van der Waals surface area contributed by atoms with Crippen LogP contribution < -0.4 is 5.32 Å². The van der Waals surface area contributed by atoms with E-state index in [0.29, 0.717) is 25.2 Å². The van der Waals surface area contributed by atoms with E-state index in [-0.39, 0.29) is 17.9 Å². The molecule has 0 aliphatic carbocycles. The number of likely N-dealkylation sites (N-methyl/N-ethyl adjacent to an activating group) is 1. The lowest BCUT2D eigenvalue weighted by atomic mass is 9.85.